The van der Waals surface area contributed by atoms with Gasteiger partial charge in [-0.3, -0.25) is 4.79 Å². The first-order valence-electron chi connectivity index (χ1n) is 8.93. The molecule has 2 heterocycles. The summed E-state index contributed by atoms with van der Waals surface area (Å²) in [5, 5.41) is 2.84. The number of hydrogen-bond acceptors (Lipinski definition) is 4. The van der Waals surface area contributed by atoms with Crippen molar-refractivity contribution in [3.8, 4) is 22.8 Å². The zero-order valence-electron chi connectivity index (χ0n) is 15.6. The molecule has 0 radical (unpaired) electrons. The van der Waals surface area contributed by atoms with E-state index >= 15 is 0 Å². The van der Waals surface area contributed by atoms with Crippen molar-refractivity contribution in [1.29, 1.82) is 0 Å². The van der Waals surface area contributed by atoms with Gasteiger partial charge in [-0.05, 0) is 36.4 Å². The number of halogens is 1. The van der Waals surface area contributed by atoms with E-state index in [1.807, 2.05) is 65.3 Å². The molecule has 0 saturated heterocycles. The number of anilines is 1. The molecule has 4 rings (SSSR count). The maximum absolute atomic E-state index is 12.3. The standard InChI is InChI=1S/C22H18BrN3O3/c1-28-19-4-2-3-5-20(19)29-14-22(27)24-17-10-11-21-25-18(13-26(21)12-17)15-6-8-16(23)9-7-15/h2-13H,14H2,1H3,(H,24,27). The van der Waals surface area contributed by atoms with Crippen LogP contribution in [0.25, 0.3) is 16.9 Å². The summed E-state index contributed by atoms with van der Waals surface area (Å²) in [5.41, 5.74) is 3.34. The Balaban J connectivity index is 1.45. The van der Waals surface area contributed by atoms with Crippen LogP contribution in [0.15, 0.2) is 77.5 Å². The molecular formula is C22H18BrN3O3. The van der Waals surface area contributed by atoms with E-state index in [9.17, 15) is 4.79 Å². The molecule has 0 aliphatic rings. The highest BCUT2D eigenvalue weighted by Gasteiger charge is 2.09. The Kier molecular flexibility index (Phi) is 5.48. The zero-order chi connectivity index (χ0) is 20.2. The van der Waals surface area contributed by atoms with Crippen molar-refractivity contribution in [3.05, 3.63) is 77.5 Å². The lowest BCUT2D eigenvalue weighted by Gasteiger charge is -2.10. The maximum atomic E-state index is 12.3. The Morgan fingerprint density at radius 3 is 2.55 bits per heavy atom. The fourth-order valence-corrected chi connectivity index (χ4v) is 3.17. The van der Waals surface area contributed by atoms with Crippen molar-refractivity contribution in [2.24, 2.45) is 0 Å². The molecule has 0 bridgehead atoms. The van der Waals surface area contributed by atoms with Crippen LogP contribution in [0, 0.1) is 0 Å². The monoisotopic (exact) mass is 451 g/mol. The van der Waals surface area contributed by atoms with Gasteiger partial charge in [-0.2, -0.15) is 0 Å². The fourth-order valence-electron chi connectivity index (χ4n) is 2.90. The van der Waals surface area contributed by atoms with Crippen LogP contribution in [-0.4, -0.2) is 29.0 Å². The highest BCUT2D eigenvalue weighted by atomic mass is 79.9. The summed E-state index contributed by atoms with van der Waals surface area (Å²) >= 11 is 3.44. The first kappa shape index (κ1) is 19.0. The van der Waals surface area contributed by atoms with Gasteiger partial charge in [0.25, 0.3) is 5.91 Å². The van der Waals surface area contributed by atoms with Crippen molar-refractivity contribution < 1.29 is 14.3 Å². The van der Waals surface area contributed by atoms with Crippen molar-refractivity contribution in [3.63, 3.8) is 0 Å². The van der Waals surface area contributed by atoms with Crippen LogP contribution in [0.4, 0.5) is 5.69 Å². The van der Waals surface area contributed by atoms with Gasteiger partial charge >= 0.3 is 0 Å². The highest BCUT2D eigenvalue weighted by molar-refractivity contribution is 9.10. The number of nitrogens with zero attached hydrogens (tertiary/aromatic N) is 2. The van der Waals surface area contributed by atoms with Crippen molar-refractivity contribution in [1.82, 2.24) is 9.38 Å². The molecule has 2 aromatic carbocycles. The van der Waals surface area contributed by atoms with Gasteiger partial charge in [0.05, 0.1) is 18.5 Å². The molecule has 0 fully saturated rings. The van der Waals surface area contributed by atoms with Crippen molar-refractivity contribution >= 4 is 33.2 Å². The van der Waals surface area contributed by atoms with Crippen LogP contribution in [0.5, 0.6) is 11.5 Å². The van der Waals surface area contributed by atoms with Gasteiger partial charge in [0.2, 0.25) is 0 Å². The zero-order valence-corrected chi connectivity index (χ0v) is 17.2. The number of rotatable bonds is 6. The van der Waals surface area contributed by atoms with Gasteiger partial charge in [0.15, 0.2) is 18.1 Å². The number of para-hydroxylation sites is 2. The van der Waals surface area contributed by atoms with E-state index in [-0.39, 0.29) is 12.5 Å². The summed E-state index contributed by atoms with van der Waals surface area (Å²) in [5.74, 6) is 0.846. The summed E-state index contributed by atoms with van der Waals surface area (Å²) in [6.45, 7) is -0.119. The second-order valence-electron chi connectivity index (χ2n) is 6.30. The Labute approximate surface area is 176 Å². The molecule has 7 heteroatoms. The molecule has 1 amide bonds. The smallest absolute Gasteiger partial charge is 0.262 e. The summed E-state index contributed by atoms with van der Waals surface area (Å²) in [7, 11) is 1.56. The molecule has 146 valence electrons. The molecule has 4 aromatic rings. The van der Waals surface area contributed by atoms with Gasteiger partial charge in [-0.1, -0.05) is 40.2 Å². The van der Waals surface area contributed by atoms with E-state index in [4.69, 9.17) is 9.47 Å². The van der Waals surface area contributed by atoms with Gasteiger partial charge in [-0.15, -0.1) is 0 Å². The number of nitrogens with one attached hydrogen (secondary N) is 1. The summed E-state index contributed by atoms with van der Waals surface area (Å²) in [4.78, 5) is 16.9. The predicted octanol–water partition coefficient (Wildman–Crippen LogP) is 4.79. The number of pyridine rings is 1. The van der Waals surface area contributed by atoms with E-state index in [2.05, 4.69) is 26.2 Å². The normalized spacial score (nSPS) is 10.7. The van der Waals surface area contributed by atoms with E-state index in [1.54, 1.807) is 19.2 Å². The molecule has 0 atom stereocenters. The van der Waals surface area contributed by atoms with E-state index in [0.717, 1.165) is 21.4 Å². The Hall–Kier alpha value is -3.32. The topological polar surface area (TPSA) is 64.9 Å². The number of carbonyl (C=O) groups is 1. The number of amides is 1. The molecule has 1 N–H and O–H groups in total. The first-order valence-corrected chi connectivity index (χ1v) is 9.72. The number of fused-ring (bicyclic) bond motifs is 1. The van der Waals surface area contributed by atoms with E-state index < -0.39 is 0 Å². The lowest BCUT2D eigenvalue weighted by atomic mass is 10.2. The highest BCUT2D eigenvalue weighted by Crippen LogP contribution is 2.26. The lowest BCUT2D eigenvalue weighted by Crippen LogP contribution is -2.20. The molecular weight excluding hydrogens is 434 g/mol. The second-order valence-corrected chi connectivity index (χ2v) is 7.22. The molecule has 0 aliphatic heterocycles. The SMILES string of the molecule is COc1ccccc1OCC(=O)Nc1ccc2nc(-c3ccc(Br)cc3)cn2c1. The molecule has 0 spiro atoms. The fraction of sp³-hybridized carbons (Fsp3) is 0.0909. The number of carbonyl (C=O) groups excluding carboxylic acids is 1. The first-order chi connectivity index (χ1) is 14.1. The molecule has 29 heavy (non-hydrogen) atoms. The molecule has 0 aliphatic carbocycles. The average molecular weight is 452 g/mol. The number of aromatic nitrogens is 2. The Morgan fingerprint density at radius 2 is 1.79 bits per heavy atom. The third-order valence-corrected chi connectivity index (χ3v) is 4.83. The largest absolute Gasteiger partial charge is 0.493 e. The number of imidazole rings is 1. The van der Waals surface area contributed by atoms with Gasteiger partial charge in [0, 0.05) is 22.4 Å². The minimum Gasteiger partial charge on any atom is -0.493 e. The molecule has 0 unspecified atom stereocenters. The third-order valence-electron chi connectivity index (χ3n) is 4.30. The minimum atomic E-state index is -0.261. The quantitative estimate of drug-likeness (QED) is 0.457. The Bertz CT molecular complexity index is 1160. The lowest BCUT2D eigenvalue weighted by molar-refractivity contribution is -0.118. The summed E-state index contributed by atoms with van der Waals surface area (Å²) < 4.78 is 13.7. The number of methoxy groups -OCH3 is 1. The Morgan fingerprint density at radius 1 is 1.03 bits per heavy atom. The van der Waals surface area contributed by atoms with Crippen LogP contribution in [0.2, 0.25) is 0 Å². The van der Waals surface area contributed by atoms with Crippen LogP contribution in [0.3, 0.4) is 0 Å². The predicted molar refractivity (Wildman–Crippen MR) is 115 cm³/mol. The van der Waals surface area contributed by atoms with Gasteiger partial charge in [-0.25, -0.2) is 4.98 Å². The number of benzene rings is 2. The molecule has 2 aromatic heterocycles. The van der Waals surface area contributed by atoms with Crippen LogP contribution < -0.4 is 14.8 Å². The van der Waals surface area contributed by atoms with Gasteiger partial charge < -0.3 is 19.2 Å². The minimum absolute atomic E-state index is 0.119. The van der Waals surface area contributed by atoms with Gasteiger partial charge in [0.1, 0.15) is 5.65 Å². The second kappa shape index (κ2) is 8.36. The van der Waals surface area contributed by atoms with E-state index in [0.29, 0.717) is 17.2 Å². The van der Waals surface area contributed by atoms with Crippen molar-refractivity contribution in [2.75, 3.05) is 19.0 Å². The molecule has 6 nitrogen and oxygen atoms in total. The van der Waals surface area contributed by atoms with Crippen molar-refractivity contribution in [2.45, 2.75) is 0 Å². The van der Waals surface area contributed by atoms with E-state index in [1.165, 1.54) is 0 Å². The van der Waals surface area contributed by atoms with Crippen LogP contribution in [-0.2, 0) is 4.79 Å². The summed E-state index contributed by atoms with van der Waals surface area (Å²) in [6, 6.07) is 18.8. The number of ether oxygens (including phenoxy) is 2. The maximum Gasteiger partial charge on any atom is 0.262 e. The van der Waals surface area contributed by atoms with Crippen LogP contribution >= 0.6 is 15.9 Å². The number of hydrogen-bond donors (Lipinski definition) is 1. The summed E-state index contributed by atoms with van der Waals surface area (Å²) in [6.07, 6.45) is 3.76. The average Bonchev–Trinajstić information content (AvgIpc) is 3.16. The molecule has 0 saturated carbocycles. The van der Waals surface area contributed by atoms with Crippen LogP contribution in [0.1, 0.15) is 0 Å². The third kappa shape index (κ3) is 4.41.